The van der Waals surface area contributed by atoms with E-state index >= 15 is 0 Å². The standard InChI is InChI=1S/C21H22F2N2O2/c22-19-2-1-3-20(23)18(19)8-9-21(26)24-14-16-4-6-17(7-5-16)15-25-10-12-27-13-11-25/h1-9H,10-15H2,(H,24,26)/b9-8+. The predicted molar refractivity (Wildman–Crippen MR) is 99.8 cm³/mol. The number of carbonyl (C=O) groups excluding carboxylic acids is 1. The summed E-state index contributed by atoms with van der Waals surface area (Å²) in [5.74, 6) is -1.81. The van der Waals surface area contributed by atoms with Crippen LogP contribution in [0.4, 0.5) is 8.78 Å². The second-order valence-electron chi connectivity index (χ2n) is 6.39. The van der Waals surface area contributed by atoms with Crippen molar-refractivity contribution in [2.24, 2.45) is 0 Å². The highest BCUT2D eigenvalue weighted by atomic mass is 19.1. The minimum atomic E-state index is -0.699. The maximum atomic E-state index is 13.5. The molecule has 1 aliphatic rings. The number of morpholine rings is 1. The Morgan fingerprint density at radius 2 is 1.67 bits per heavy atom. The molecule has 2 aromatic rings. The number of carbonyl (C=O) groups is 1. The third-order valence-electron chi connectivity index (χ3n) is 4.40. The van der Waals surface area contributed by atoms with Crippen LogP contribution in [0.5, 0.6) is 0 Å². The maximum absolute atomic E-state index is 13.5. The van der Waals surface area contributed by atoms with Crippen molar-refractivity contribution in [2.45, 2.75) is 13.1 Å². The molecule has 6 heteroatoms. The predicted octanol–water partition coefficient (Wildman–Crippen LogP) is 3.13. The molecule has 0 aliphatic carbocycles. The Morgan fingerprint density at radius 1 is 1.04 bits per heavy atom. The molecule has 1 N–H and O–H groups in total. The Kier molecular flexibility index (Phi) is 6.68. The Balaban J connectivity index is 1.49. The van der Waals surface area contributed by atoms with Crippen molar-refractivity contribution in [2.75, 3.05) is 26.3 Å². The highest BCUT2D eigenvalue weighted by Crippen LogP contribution is 2.13. The number of amides is 1. The van der Waals surface area contributed by atoms with Crippen LogP contribution in [0.1, 0.15) is 16.7 Å². The molecule has 3 rings (SSSR count). The van der Waals surface area contributed by atoms with Gasteiger partial charge in [0.1, 0.15) is 11.6 Å². The normalized spacial score (nSPS) is 15.2. The van der Waals surface area contributed by atoms with E-state index in [2.05, 4.69) is 10.2 Å². The van der Waals surface area contributed by atoms with Crippen molar-refractivity contribution in [3.05, 3.63) is 76.9 Å². The molecular formula is C21H22F2N2O2. The largest absolute Gasteiger partial charge is 0.379 e. The van der Waals surface area contributed by atoms with Gasteiger partial charge in [-0.2, -0.15) is 0 Å². The Labute approximate surface area is 157 Å². The van der Waals surface area contributed by atoms with E-state index in [1.54, 1.807) is 0 Å². The molecule has 4 nitrogen and oxygen atoms in total. The van der Waals surface area contributed by atoms with Crippen LogP contribution >= 0.6 is 0 Å². The highest BCUT2D eigenvalue weighted by Gasteiger charge is 2.10. The molecule has 1 saturated heterocycles. The number of nitrogens with zero attached hydrogens (tertiary/aromatic N) is 1. The quantitative estimate of drug-likeness (QED) is 0.793. The Hall–Kier alpha value is -2.57. The van der Waals surface area contributed by atoms with Crippen molar-refractivity contribution >= 4 is 12.0 Å². The summed E-state index contributed by atoms with van der Waals surface area (Å²) in [6, 6.07) is 11.6. The van der Waals surface area contributed by atoms with Gasteiger partial charge in [0, 0.05) is 37.8 Å². The first kappa shape index (κ1) is 19.2. The average molecular weight is 372 g/mol. The minimum Gasteiger partial charge on any atom is -0.379 e. The van der Waals surface area contributed by atoms with Gasteiger partial charge in [0.05, 0.1) is 13.2 Å². The fraction of sp³-hybridized carbons (Fsp3) is 0.286. The second kappa shape index (κ2) is 9.39. The third-order valence-corrected chi connectivity index (χ3v) is 4.40. The van der Waals surface area contributed by atoms with Gasteiger partial charge in [0.25, 0.3) is 0 Å². The molecular weight excluding hydrogens is 350 g/mol. The first-order valence-corrected chi connectivity index (χ1v) is 8.89. The van der Waals surface area contributed by atoms with E-state index in [1.165, 1.54) is 11.6 Å². The van der Waals surface area contributed by atoms with Crippen LogP contribution in [0.2, 0.25) is 0 Å². The molecule has 2 aromatic carbocycles. The molecule has 0 bridgehead atoms. The van der Waals surface area contributed by atoms with Crippen molar-refractivity contribution in [1.29, 1.82) is 0 Å². The van der Waals surface area contributed by atoms with Gasteiger partial charge in [-0.15, -0.1) is 0 Å². The highest BCUT2D eigenvalue weighted by molar-refractivity contribution is 5.91. The summed E-state index contributed by atoms with van der Waals surface area (Å²) < 4.78 is 32.4. The van der Waals surface area contributed by atoms with Crippen LogP contribution in [-0.4, -0.2) is 37.1 Å². The lowest BCUT2D eigenvalue weighted by Crippen LogP contribution is -2.35. The molecule has 0 unspecified atom stereocenters. The van der Waals surface area contributed by atoms with Crippen LogP contribution < -0.4 is 5.32 Å². The fourth-order valence-corrected chi connectivity index (χ4v) is 2.86. The Bertz CT molecular complexity index is 780. The zero-order chi connectivity index (χ0) is 19.1. The molecule has 0 saturated carbocycles. The fourth-order valence-electron chi connectivity index (χ4n) is 2.86. The van der Waals surface area contributed by atoms with Crippen LogP contribution in [0.25, 0.3) is 6.08 Å². The molecule has 1 aliphatic heterocycles. The molecule has 142 valence electrons. The lowest BCUT2D eigenvalue weighted by Gasteiger charge is -2.26. The van der Waals surface area contributed by atoms with Crippen LogP contribution in [0, 0.1) is 11.6 Å². The molecule has 1 heterocycles. The van der Waals surface area contributed by atoms with E-state index in [9.17, 15) is 13.6 Å². The SMILES string of the molecule is O=C(/C=C/c1c(F)cccc1F)NCc1ccc(CN2CCOCC2)cc1. The monoisotopic (exact) mass is 372 g/mol. The summed E-state index contributed by atoms with van der Waals surface area (Å²) >= 11 is 0. The van der Waals surface area contributed by atoms with Crippen molar-refractivity contribution < 1.29 is 18.3 Å². The number of hydrogen-bond acceptors (Lipinski definition) is 3. The van der Waals surface area contributed by atoms with Crippen molar-refractivity contribution in [3.8, 4) is 0 Å². The van der Waals surface area contributed by atoms with E-state index in [0.29, 0.717) is 6.54 Å². The second-order valence-corrected chi connectivity index (χ2v) is 6.39. The molecule has 0 spiro atoms. The molecule has 1 fully saturated rings. The van der Waals surface area contributed by atoms with Gasteiger partial charge in [0.2, 0.25) is 5.91 Å². The van der Waals surface area contributed by atoms with Crippen molar-refractivity contribution in [1.82, 2.24) is 10.2 Å². The first-order chi connectivity index (χ1) is 13.1. The first-order valence-electron chi connectivity index (χ1n) is 8.89. The van der Waals surface area contributed by atoms with Crippen molar-refractivity contribution in [3.63, 3.8) is 0 Å². The summed E-state index contributed by atoms with van der Waals surface area (Å²) in [6.45, 7) is 4.65. The number of benzene rings is 2. The van der Waals surface area contributed by atoms with E-state index in [0.717, 1.165) is 62.7 Å². The van der Waals surface area contributed by atoms with Gasteiger partial charge in [-0.1, -0.05) is 30.3 Å². The lowest BCUT2D eigenvalue weighted by atomic mass is 10.1. The summed E-state index contributed by atoms with van der Waals surface area (Å²) in [5, 5.41) is 2.71. The van der Waals surface area contributed by atoms with E-state index in [-0.39, 0.29) is 5.56 Å². The number of nitrogens with one attached hydrogen (secondary N) is 1. The zero-order valence-electron chi connectivity index (χ0n) is 15.0. The van der Waals surface area contributed by atoms with E-state index in [4.69, 9.17) is 4.74 Å². The van der Waals surface area contributed by atoms with Crippen LogP contribution in [-0.2, 0) is 22.6 Å². The van der Waals surface area contributed by atoms with E-state index < -0.39 is 17.5 Å². The molecule has 0 atom stereocenters. The lowest BCUT2D eigenvalue weighted by molar-refractivity contribution is -0.116. The summed E-state index contributed by atoms with van der Waals surface area (Å²) in [7, 11) is 0. The van der Waals surface area contributed by atoms with Gasteiger partial charge in [-0.25, -0.2) is 8.78 Å². The number of rotatable bonds is 6. The molecule has 0 radical (unpaired) electrons. The van der Waals surface area contributed by atoms with Crippen LogP contribution in [0.15, 0.2) is 48.5 Å². The molecule has 1 amide bonds. The number of ether oxygens (including phenoxy) is 1. The average Bonchev–Trinajstić information content (AvgIpc) is 2.68. The van der Waals surface area contributed by atoms with Gasteiger partial charge in [-0.05, 0) is 29.3 Å². The van der Waals surface area contributed by atoms with Gasteiger partial charge in [0.15, 0.2) is 0 Å². The topological polar surface area (TPSA) is 41.6 Å². The van der Waals surface area contributed by atoms with Gasteiger partial charge < -0.3 is 10.1 Å². The van der Waals surface area contributed by atoms with Gasteiger partial charge in [-0.3, -0.25) is 9.69 Å². The number of hydrogen-bond donors (Lipinski definition) is 1. The maximum Gasteiger partial charge on any atom is 0.244 e. The third kappa shape index (κ3) is 5.70. The summed E-state index contributed by atoms with van der Waals surface area (Å²) in [5.41, 5.74) is 1.95. The van der Waals surface area contributed by atoms with Gasteiger partial charge >= 0.3 is 0 Å². The molecule has 0 aromatic heterocycles. The minimum absolute atomic E-state index is 0.222. The summed E-state index contributed by atoms with van der Waals surface area (Å²) in [6.07, 6.45) is 2.28. The van der Waals surface area contributed by atoms with Crippen LogP contribution in [0.3, 0.4) is 0 Å². The number of halogens is 2. The molecule has 27 heavy (non-hydrogen) atoms. The summed E-state index contributed by atoms with van der Waals surface area (Å²) in [4.78, 5) is 14.2. The zero-order valence-corrected chi connectivity index (χ0v) is 15.0. The Morgan fingerprint density at radius 3 is 2.33 bits per heavy atom. The smallest absolute Gasteiger partial charge is 0.244 e. The van der Waals surface area contributed by atoms with E-state index in [1.807, 2.05) is 24.3 Å².